The molecule has 2 N–H and O–H groups in total. The number of aromatic nitrogens is 3. The normalized spacial score (nSPS) is 20.2. The molecule has 1 saturated heterocycles. The van der Waals surface area contributed by atoms with Crippen molar-refractivity contribution in [3.63, 3.8) is 0 Å². The number of rotatable bonds is 6. The molecular formula is C19H32N6O2. The molecule has 2 amide bonds. The maximum absolute atomic E-state index is 13.2. The van der Waals surface area contributed by atoms with Crippen LogP contribution in [0.4, 0.5) is 0 Å². The van der Waals surface area contributed by atoms with Crippen molar-refractivity contribution in [2.75, 3.05) is 26.2 Å². The molecule has 8 nitrogen and oxygen atoms in total. The van der Waals surface area contributed by atoms with Crippen molar-refractivity contribution in [2.45, 2.75) is 70.4 Å². The number of hydrogen-bond acceptors (Lipinski definition) is 5. The van der Waals surface area contributed by atoms with Crippen LogP contribution in [-0.4, -0.2) is 63.4 Å². The topological polar surface area (TPSA) is 92.2 Å². The number of amides is 2. The molecule has 0 bridgehead atoms. The lowest BCUT2D eigenvalue weighted by atomic mass is 9.80. The van der Waals surface area contributed by atoms with Gasteiger partial charge in [-0.1, -0.05) is 24.5 Å². The third-order valence-corrected chi connectivity index (χ3v) is 5.95. The summed E-state index contributed by atoms with van der Waals surface area (Å²) >= 11 is 0. The van der Waals surface area contributed by atoms with Gasteiger partial charge in [0.05, 0.1) is 12.2 Å². The van der Waals surface area contributed by atoms with Crippen LogP contribution in [0.5, 0.6) is 0 Å². The molecule has 1 aromatic rings. The van der Waals surface area contributed by atoms with Gasteiger partial charge in [-0.2, -0.15) is 0 Å². The molecule has 150 valence electrons. The zero-order chi connectivity index (χ0) is 19.3. The van der Waals surface area contributed by atoms with Crippen molar-refractivity contribution in [1.82, 2.24) is 30.5 Å². The largest absolute Gasteiger partial charge is 0.341 e. The van der Waals surface area contributed by atoms with Gasteiger partial charge in [0.2, 0.25) is 5.91 Å². The molecule has 1 aromatic heterocycles. The third kappa shape index (κ3) is 4.31. The maximum atomic E-state index is 13.2. The average molecular weight is 377 g/mol. The van der Waals surface area contributed by atoms with E-state index < -0.39 is 5.54 Å². The standard InChI is InChI=1S/C19H32N6O2/c1-3-24(4-2)18(27)19(10-6-5-7-11-19)21-17(26)16-14-25(23-22-16)15-8-12-20-13-9-15/h14-15,20H,3-13H2,1-2H3,(H,21,26). The Bertz CT molecular complexity index is 642. The molecule has 1 saturated carbocycles. The predicted molar refractivity (Wildman–Crippen MR) is 102 cm³/mol. The van der Waals surface area contributed by atoms with Crippen LogP contribution in [0.3, 0.4) is 0 Å². The molecule has 0 atom stereocenters. The Labute approximate surface area is 161 Å². The fourth-order valence-electron chi connectivity index (χ4n) is 4.27. The first-order valence-electron chi connectivity index (χ1n) is 10.3. The molecule has 0 radical (unpaired) electrons. The van der Waals surface area contributed by atoms with Crippen LogP contribution < -0.4 is 10.6 Å². The van der Waals surface area contributed by atoms with Gasteiger partial charge >= 0.3 is 0 Å². The number of nitrogens with one attached hydrogen (secondary N) is 2. The molecule has 0 unspecified atom stereocenters. The highest BCUT2D eigenvalue weighted by molar-refractivity contribution is 5.98. The molecule has 0 spiro atoms. The van der Waals surface area contributed by atoms with Gasteiger partial charge in [-0.15, -0.1) is 5.10 Å². The summed E-state index contributed by atoms with van der Waals surface area (Å²) in [6.07, 6.45) is 8.08. The van der Waals surface area contributed by atoms with E-state index in [-0.39, 0.29) is 17.9 Å². The van der Waals surface area contributed by atoms with E-state index in [4.69, 9.17) is 0 Å². The van der Waals surface area contributed by atoms with Crippen LogP contribution in [0.15, 0.2) is 6.20 Å². The van der Waals surface area contributed by atoms with Gasteiger partial charge in [0.1, 0.15) is 5.54 Å². The first kappa shape index (κ1) is 19.8. The molecule has 1 aliphatic carbocycles. The van der Waals surface area contributed by atoms with Crippen molar-refractivity contribution < 1.29 is 9.59 Å². The summed E-state index contributed by atoms with van der Waals surface area (Å²) in [4.78, 5) is 27.9. The van der Waals surface area contributed by atoms with Crippen LogP contribution in [0, 0.1) is 0 Å². The lowest BCUT2D eigenvalue weighted by Gasteiger charge is -2.39. The third-order valence-electron chi connectivity index (χ3n) is 5.95. The van der Waals surface area contributed by atoms with Crippen LogP contribution >= 0.6 is 0 Å². The van der Waals surface area contributed by atoms with Crippen LogP contribution in [0.25, 0.3) is 0 Å². The highest BCUT2D eigenvalue weighted by atomic mass is 16.2. The van der Waals surface area contributed by atoms with Crippen LogP contribution in [0.1, 0.15) is 75.3 Å². The van der Waals surface area contributed by atoms with Gasteiger partial charge in [0.25, 0.3) is 5.91 Å². The summed E-state index contributed by atoms with van der Waals surface area (Å²) in [7, 11) is 0. The molecule has 2 heterocycles. The van der Waals surface area contributed by atoms with Crippen molar-refractivity contribution in [1.29, 1.82) is 0 Å². The minimum Gasteiger partial charge on any atom is -0.341 e. The molecule has 8 heteroatoms. The summed E-state index contributed by atoms with van der Waals surface area (Å²) in [5.41, 5.74) is -0.509. The molecule has 1 aliphatic heterocycles. The minimum absolute atomic E-state index is 0.0336. The predicted octanol–water partition coefficient (Wildman–Crippen LogP) is 1.50. The van der Waals surface area contributed by atoms with E-state index in [0.717, 1.165) is 45.2 Å². The average Bonchev–Trinajstić information content (AvgIpc) is 3.21. The van der Waals surface area contributed by atoms with Gasteiger partial charge in [-0.3, -0.25) is 9.59 Å². The summed E-state index contributed by atoms with van der Waals surface area (Å²) < 4.78 is 1.80. The van der Waals surface area contributed by atoms with Gasteiger partial charge < -0.3 is 15.5 Å². The Balaban J connectivity index is 1.74. The molecule has 0 aromatic carbocycles. The number of piperidine rings is 1. The lowest BCUT2D eigenvalue weighted by Crippen LogP contribution is -2.60. The number of carbonyl (C=O) groups is 2. The quantitative estimate of drug-likeness (QED) is 0.785. The highest BCUT2D eigenvalue weighted by Gasteiger charge is 2.43. The van der Waals surface area contributed by atoms with E-state index in [2.05, 4.69) is 20.9 Å². The summed E-state index contributed by atoms with van der Waals surface area (Å²) in [5.74, 6) is -0.260. The smallest absolute Gasteiger partial charge is 0.274 e. The Morgan fingerprint density at radius 2 is 1.89 bits per heavy atom. The molecule has 2 aliphatic rings. The van der Waals surface area contributed by atoms with Crippen LogP contribution in [-0.2, 0) is 4.79 Å². The minimum atomic E-state index is -0.806. The van der Waals surface area contributed by atoms with Crippen molar-refractivity contribution in [2.24, 2.45) is 0 Å². The van der Waals surface area contributed by atoms with Gasteiger partial charge in [-0.05, 0) is 52.6 Å². The Morgan fingerprint density at radius 3 is 2.52 bits per heavy atom. The van der Waals surface area contributed by atoms with Gasteiger partial charge in [-0.25, -0.2) is 4.68 Å². The van der Waals surface area contributed by atoms with Gasteiger partial charge in [0.15, 0.2) is 5.69 Å². The van der Waals surface area contributed by atoms with Crippen LogP contribution in [0.2, 0.25) is 0 Å². The van der Waals surface area contributed by atoms with E-state index in [0.29, 0.717) is 31.6 Å². The summed E-state index contributed by atoms with van der Waals surface area (Å²) in [6, 6.07) is 0.279. The number of carbonyl (C=O) groups excluding carboxylic acids is 2. The lowest BCUT2D eigenvalue weighted by molar-refractivity contribution is -0.139. The summed E-state index contributed by atoms with van der Waals surface area (Å²) in [6.45, 7) is 7.16. The Morgan fingerprint density at radius 1 is 1.22 bits per heavy atom. The van der Waals surface area contributed by atoms with Crippen molar-refractivity contribution >= 4 is 11.8 Å². The SMILES string of the molecule is CCN(CC)C(=O)C1(NC(=O)c2cn(C3CCNCC3)nn2)CCCCC1. The fraction of sp³-hybridized carbons (Fsp3) is 0.789. The van der Waals surface area contributed by atoms with E-state index in [1.54, 1.807) is 10.9 Å². The second-order valence-electron chi connectivity index (χ2n) is 7.64. The molecular weight excluding hydrogens is 344 g/mol. The summed E-state index contributed by atoms with van der Waals surface area (Å²) in [5, 5.41) is 14.6. The maximum Gasteiger partial charge on any atom is 0.274 e. The number of likely N-dealkylation sites (N-methyl/N-ethyl adjacent to an activating group) is 1. The molecule has 27 heavy (non-hydrogen) atoms. The Kier molecular flexibility index (Phi) is 6.46. The number of nitrogens with zero attached hydrogens (tertiary/aromatic N) is 4. The molecule has 2 fully saturated rings. The van der Waals surface area contributed by atoms with E-state index >= 15 is 0 Å². The van der Waals surface area contributed by atoms with E-state index in [1.807, 2.05) is 18.7 Å². The molecule has 3 rings (SSSR count). The second-order valence-corrected chi connectivity index (χ2v) is 7.64. The van der Waals surface area contributed by atoms with Crippen molar-refractivity contribution in [3.05, 3.63) is 11.9 Å². The fourth-order valence-corrected chi connectivity index (χ4v) is 4.27. The Hall–Kier alpha value is -1.96. The van der Waals surface area contributed by atoms with Crippen molar-refractivity contribution in [3.8, 4) is 0 Å². The first-order valence-corrected chi connectivity index (χ1v) is 10.3. The second kappa shape index (κ2) is 8.82. The first-order chi connectivity index (χ1) is 13.1. The monoisotopic (exact) mass is 376 g/mol. The number of hydrogen-bond donors (Lipinski definition) is 2. The highest BCUT2D eigenvalue weighted by Crippen LogP contribution is 2.30. The van der Waals surface area contributed by atoms with Gasteiger partial charge in [0, 0.05) is 13.1 Å². The van der Waals surface area contributed by atoms with E-state index in [9.17, 15) is 9.59 Å². The zero-order valence-corrected chi connectivity index (χ0v) is 16.5. The van der Waals surface area contributed by atoms with E-state index in [1.165, 1.54) is 0 Å². The zero-order valence-electron chi connectivity index (χ0n) is 16.5.